The highest BCUT2D eigenvalue weighted by Crippen LogP contribution is 2.47. The molecule has 1 aliphatic carbocycles. The van der Waals surface area contributed by atoms with Crippen LogP contribution in [0, 0.1) is 16.7 Å². The first-order chi connectivity index (χ1) is 4.83. The molecule has 0 radical (unpaired) electrons. The summed E-state index contributed by atoms with van der Waals surface area (Å²) >= 11 is 0. The third kappa shape index (κ3) is 1.98. The second kappa shape index (κ2) is 2.50. The molecule has 0 amide bonds. The van der Waals surface area contributed by atoms with Gasteiger partial charge in [0.05, 0.1) is 0 Å². The summed E-state index contributed by atoms with van der Waals surface area (Å²) in [5.41, 5.74) is 1.20. The van der Waals surface area contributed by atoms with Crippen molar-refractivity contribution in [2.24, 2.45) is 16.7 Å². The molecule has 0 spiro atoms. The molecule has 0 N–H and O–H groups in total. The molecule has 0 saturated heterocycles. The van der Waals surface area contributed by atoms with E-state index in [9.17, 15) is 0 Å². The lowest BCUT2D eigenvalue weighted by atomic mass is 9.61. The summed E-state index contributed by atoms with van der Waals surface area (Å²) in [5.74, 6) is 0.895. The molecule has 1 fully saturated rings. The molecule has 0 aromatic carbocycles. The van der Waals surface area contributed by atoms with Gasteiger partial charge < -0.3 is 0 Å². The molecule has 0 aliphatic heterocycles. The van der Waals surface area contributed by atoms with Crippen LogP contribution in [0.15, 0.2) is 0 Å². The highest BCUT2D eigenvalue weighted by molar-refractivity contribution is 4.87. The van der Waals surface area contributed by atoms with Gasteiger partial charge in [0, 0.05) is 0 Å². The summed E-state index contributed by atoms with van der Waals surface area (Å²) < 4.78 is 0. The standard InChI is InChI=1S/C11H22/c1-9-8-10(2,3)6-7-11(9,4)5/h9H,6-8H2,1-5H3. The Labute approximate surface area is 71.4 Å². The zero-order valence-corrected chi connectivity index (χ0v) is 8.70. The topological polar surface area (TPSA) is 0 Å². The van der Waals surface area contributed by atoms with Crippen molar-refractivity contribution in [1.29, 1.82) is 0 Å². The van der Waals surface area contributed by atoms with Gasteiger partial charge in [-0.05, 0) is 36.0 Å². The monoisotopic (exact) mass is 154 g/mol. The molecule has 1 aliphatic rings. The van der Waals surface area contributed by atoms with Crippen molar-refractivity contribution in [3.63, 3.8) is 0 Å². The smallest absolute Gasteiger partial charge is 0.0328 e. The van der Waals surface area contributed by atoms with Gasteiger partial charge in [-0.3, -0.25) is 0 Å². The normalized spacial score (nSPS) is 35.2. The predicted octanol–water partition coefficient (Wildman–Crippen LogP) is 3.86. The average Bonchev–Trinajstić information content (AvgIpc) is 1.81. The van der Waals surface area contributed by atoms with Gasteiger partial charge in [-0.15, -0.1) is 0 Å². The van der Waals surface area contributed by atoms with E-state index in [0.29, 0.717) is 10.8 Å². The molecular weight excluding hydrogens is 132 g/mol. The van der Waals surface area contributed by atoms with Crippen molar-refractivity contribution >= 4 is 0 Å². The number of hydrogen-bond donors (Lipinski definition) is 0. The Balaban J connectivity index is 2.63. The van der Waals surface area contributed by atoms with Gasteiger partial charge in [-0.1, -0.05) is 34.6 Å². The van der Waals surface area contributed by atoms with Gasteiger partial charge in [0.2, 0.25) is 0 Å². The van der Waals surface area contributed by atoms with E-state index in [1.807, 2.05) is 0 Å². The van der Waals surface area contributed by atoms with E-state index in [-0.39, 0.29) is 0 Å². The lowest BCUT2D eigenvalue weighted by Gasteiger charge is -2.44. The van der Waals surface area contributed by atoms with Gasteiger partial charge in [-0.2, -0.15) is 0 Å². The summed E-state index contributed by atoms with van der Waals surface area (Å²) in [6.07, 6.45) is 4.21. The highest BCUT2D eigenvalue weighted by Gasteiger charge is 2.36. The minimum Gasteiger partial charge on any atom is -0.0620 e. The Morgan fingerprint density at radius 2 is 1.55 bits per heavy atom. The van der Waals surface area contributed by atoms with Crippen molar-refractivity contribution in [2.75, 3.05) is 0 Å². The van der Waals surface area contributed by atoms with Gasteiger partial charge >= 0.3 is 0 Å². The average molecular weight is 154 g/mol. The minimum absolute atomic E-state index is 0.593. The third-order valence-electron chi connectivity index (χ3n) is 3.64. The summed E-state index contributed by atoms with van der Waals surface area (Å²) in [4.78, 5) is 0. The first kappa shape index (κ1) is 9.09. The Bertz CT molecular complexity index is 142. The third-order valence-corrected chi connectivity index (χ3v) is 3.64. The fourth-order valence-corrected chi connectivity index (χ4v) is 2.11. The first-order valence-corrected chi connectivity index (χ1v) is 4.83. The molecule has 0 nitrogen and oxygen atoms in total. The first-order valence-electron chi connectivity index (χ1n) is 4.83. The lowest BCUT2D eigenvalue weighted by Crippen LogP contribution is -2.33. The van der Waals surface area contributed by atoms with Gasteiger partial charge in [0.15, 0.2) is 0 Å². The largest absolute Gasteiger partial charge is 0.0620 e. The maximum Gasteiger partial charge on any atom is -0.0328 e. The molecule has 11 heavy (non-hydrogen) atoms. The summed E-state index contributed by atoms with van der Waals surface area (Å²) in [5, 5.41) is 0. The molecule has 0 aromatic heterocycles. The molecule has 1 rings (SSSR count). The Kier molecular flexibility index (Phi) is 2.07. The van der Waals surface area contributed by atoms with E-state index in [1.54, 1.807) is 0 Å². The van der Waals surface area contributed by atoms with E-state index < -0.39 is 0 Å². The van der Waals surface area contributed by atoms with E-state index in [1.165, 1.54) is 19.3 Å². The minimum atomic E-state index is 0.593. The maximum absolute atomic E-state index is 2.41. The van der Waals surface area contributed by atoms with Gasteiger partial charge in [-0.25, -0.2) is 0 Å². The summed E-state index contributed by atoms with van der Waals surface area (Å²) in [6, 6.07) is 0. The number of hydrogen-bond acceptors (Lipinski definition) is 0. The maximum atomic E-state index is 2.41. The van der Waals surface area contributed by atoms with Crippen LogP contribution in [0.4, 0.5) is 0 Å². The second-order valence-electron chi connectivity index (χ2n) is 5.76. The molecule has 1 unspecified atom stereocenters. The van der Waals surface area contributed by atoms with Crippen molar-refractivity contribution in [3.8, 4) is 0 Å². The van der Waals surface area contributed by atoms with E-state index in [4.69, 9.17) is 0 Å². The molecule has 1 saturated carbocycles. The van der Waals surface area contributed by atoms with Crippen LogP contribution in [-0.4, -0.2) is 0 Å². The zero-order chi connectivity index (χ0) is 8.70. The van der Waals surface area contributed by atoms with Crippen LogP contribution in [0.1, 0.15) is 53.9 Å². The fourth-order valence-electron chi connectivity index (χ4n) is 2.11. The molecule has 0 heterocycles. The molecule has 0 heteroatoms. The highest BCUT2D eigenvalue weighted by atomic mass is 14.4. The number of rotatable bonds is 0. The Hall–Kier alpha value is 0. The van der Waals surface area contributed by atoms with Gasteiger partial charge in [0.1, 0.15) is 0 Å². The van der Waals surface area contributed by atoms with Crippen LogP contribution in [0.25, 0.3) is 0 Å². The SMILES string of the molecule is CC1CC(C)(C)CCC1(C)C. The molecule has 0 aromatic rings. The van der Waals surface area contributed by atoms with Crippen LogP contribution >= 0.6 is 0 Å². The molecule has 0 bridgehead atoms. The van der Waals surface area contributed by atoms with Gasteiger partial charge in [0.25, 0.3) is 0 Å². The predicted molar refractivity (Wildman–Crippen MR) is 50.6 cm³/mol. The quantitative estimate of drug-likeness (QED) is 0.497. The van der Waals surface area contributed by atoms with Crippen LogP contribution in [-0.2, 0) is 0 Å². The van der Waals surface area contributed by atoms with Crippen molar-refractivity contribution in [3.05, 3.63) is 0 Å². The van der Waals surface area contributed by atoms with Crippen molar-refractivity contribution in [1.82, 2.24) is 0 Å². The summed E-state index contributed by atoms with van der Waals surface area (Å²) in [6.45, 7) is 12.0. The fraction of sp³-hybridized carbons (Fsp3) is 1.00. The molecule has 1 atom stereocenters. The van der Waals surface area contributed by atoms with E-state index in [0.717, 1.165) is 5.92 Å². The van der Waals surface area contributed by atoms with E-state index >= 15 is 0 Å². The summed E-state index contributed by atoms with van der Waals surface area (Å²) in [7, 11) is 0. The van der Waals surface area contributed by atoms with Crippen LogP contribution in [0.5, 0.6) is 0 Å². The Morgan fingerprint density at radius 3 is 1.91 bits per heavy atom. The Morgan fingerprint density at radius 1 is 1.00 bits per heavy atom. The molecular formula is C11H22. The lowest BCUT2D eigenvalue weighted by molar-refractivity contribution is 0.0666. The zero-order valence-electron chi connectivity index (χ0n) is 8.70. The molecule has 66 valence electrons. The van der Waals surface area contributed by atoms with Crippen molar-refractivity contribution in [2.45, 2.75) is 53.9 Å². The van der Waals surface area contributed by atoms with Crippen LogP contribution < -0.4 is 0 Å². The second-order valence-corrected chi connectivity index (χ2v) is 5.76. The van der Waals surface area contributed by atoms with Crippen LogP contribution in [0.2, 0.25) is 0 Å². The van der Waals surface area contributed by atoms with E-state index in [2.05, 4.69) is 34.6 Å². The van der Waals surface area contributed by atoms with Crippen molar-refractivity contribution < 1.29 is 0 Å². The van der Waals surface area contributed by atoms with Crippen LogP contribution in [0.3, 0.4) is 0 Å².